The number of benzene rings is 2. The molecule has 0 spiro atoms. The molecule has 0 N–H and O–H groups in total. The van der Waals surface area contributed by atoms with E-state index in [4.69, 9.17) is 0 Å². The number of aryl methyl sites for hydroxylation is 1. The number of nitrogens with zero attached hydrogens (tertiary/aromatic N) is 1. The predicted molar refractivity (Wildman–Crippen MR) is 129 cm³/mol. The second-order valence-corrected chi connectivity index (χ2v) is 14.8. The minimum absolute atomic E-state index is 0.216. The molecule has 1 aliphatic heterocycles. The first-order chi connectivity index (χ1) is 18.6. The van der Waals surface area contributed by atoms with Gasteiger partial charge in [0.05, 0.1) is 10.9 Å². The van der Waals surface area contributed by atoms with Crippen molar-refractivity contribution in [1.29, 1.82) is 0 Å². The summed E-state index contributed by atoms with van der Waals surface area (Å²) in [6.07, 6.45) is -13.1. The Morgan fingerprint density at radius 3 is 2.02 bits per heavy atom. The van der Waals surface area contributed by atoms with Crippen LogP contribution in [-0.2, 0) is 41.3 Å². The highest BCUT2D eigenvalue weighted by molar-refractivity contribution is 7.92. The van der Waals surface area contributed by atoms with Gasteiger partial charge in [-0.3, -0.25) is 4.79 Å². The summed E-state index contributed by atoms with van der Waals surface area (Å²) in [5.41, 5.74) is -8.11. The molecule has 2 aromatic carbocycles. The van der Waals surface area contributed by atoms with Gasteiger partial charge in [0.2, 0.25) is 5.91 Å². The molecule has 2 aromatic rings. The lowest BCUT2D eigenvalue weighted by atomic mass is 9.76. The van der Waals surface area contributed by atoms with Crippen LogP contribution in [0.15, 0.2) is 47.4 Å². The maximum absolute atomic E-state index is 14.9. The van der Waals surface area contributed by atoms with Crippen LogP contribution in [0.25, 0.3) is 0 Å². The molecule has 0 bridgehead atoms. The Labute approximate surface area is 230 Å². The zero-order chi connectivity index (χ0) is 31.0. The molecule has 6 nitrogen and oxygen atoms in total. The fourth-order valence-electron chi connectivity index (χ4n) is 5.73. The lowest BCUT2D eigenvalue weighted by molar-refractivity contribution is -0.348. The lowest BCUT2D eigenvalue weighted by Crippen LogP contribution is -2.54. The number of carbonyl (C=O) groups is 1. The van der Waals surface area contributed by atoms with E-state index in [1.54, 1.807) is 0 Å². The highest BCUT2D eigenvalue weighted by Gasteiger charge is 2.74. The van der Waals surface area contributed by atoms with E-state index in [1.807, 2.05) is 0 Å². The second kappa shape index (κ2) is 9.64. The quantitative estimate of drug-likeness (QED) is 0.350. The van der Waals surface area contributed by atoms with Crippen molar-refractivity contribution >= 4 is 25.6 Å². The van der Waals surface area contributed by atoms with E-state index in [1.165, 1.54) is 0 Å². The molecular weight excluding hydrogens is 610 g/mol. The number of hydrogen-bond donors (Lipinski definition) is 0. The molecule has 41 heavy (non-hydrogen) atoms. The Kier molecular flexibility index (Phi) is 7.34. The van der Waals surface area contributed by atoms with Crippen molar-refractivity contribution in [2.45, 2.75) is 65.1 Å². The van der Waals surface area contributed by atoms with E-state index in [2.05, 4.69) is 0 Å². The van der Waals surface area contributed by atoms with Crippen LogP contribution in [0.1, 0.15) is 36.5 Å². The molecule has 0 aromatic heterocycles. The molecule has 3 atom stereocenters. The zero-order valence-corrected chi connectivity index (χ0v) is 23.0. The molecule has 1 amide bonds. The Balaban J connectivity index is 1.96. The second-order valence-electron chi connectivity index (χ2n) is 10.2. The van der Waals surface area contributed by atoms with Gasteiger partial charge in [-0.05, 0) is 61.6 Å². The average Bonchev–Trinajstić information content (AvgIpc) is 3.27. The van der Waals surface area contributed by atoms with Crippen molar-refractivity contribution in [1.82, 2.24) is 4.90 Å². The third-order valence-electron chi connectivity index (χ3n) is 7.94. The standard InChI is InChI=1S/C25H23F8NO5S2/c1-14(40(2,36)37)21(35)34-12-11-22(41(38,39)18-7-5-17(26)6-8-18)19-9-4-16(13-15(19)3-10-20(22)34)23(27,24(28,29)30)25(31,32)33/h4-9,13-14,20H,3,10-12H2,1-2H3/t14?,20-,22-/m1/s1. The first-order valence-corrected chi connectivity index (χ1v) is 15.5. The molecule has 4 rings (SSSR count). The molecule has 2 aliphatic rings. The van der Waals surface area contributed by atoms with Gasteiger partial charge in [-0.15, -0.1) is 0 Å². The largest absolute Gasteiger partial charge is 0.435 e. The van der Waals surface area contributed by atoms with E-state index in [9.17, 15) is 56.8 Å². The Morgan fingerprint density at radius 1 is 0.951 bits per heavy atom. The fourth-order valence-corrected chi connectivity index (χ4v) is 8.60. The van der Waals surface area contributed by atoms with Crippen LogP contribution in [-0.4, -0.2) is 64.1 Å². The van der Waals surface area contributed by atoms with Crippen LogP contribution in [0.5, 0.6) is 0 Å². The summed E-state index contributed by atoms with van der Waals surface area (Å²) in [5.74, 6) is -1.74. The molecule has 1 saturated heterocycles. The summed E-state index contributed by atoms with van der Waals surface area (Å²) in [4.78, 5) is 13.8. The van der Waals surface area contributed by atoms with E-state index in [0.29, 0.717) is 12.1 Å². The number of amides is 1. The highest BCUT2D eigenvalue weighted by Crippen LogP contribution is 2.56. The first kappa shape index (κ1) is 31.2. The summed E-state index contributed by atoms with van der Waals surface area (Å²) < 4.78 is 160. The maximum Gasteiger partial charge on any atom is 0.435 e. The normalized spacial score (nSPS) is 22.7. The number of rotatable bonds is 5. The predicted octanol–water partition coefficient (Wildman–Crippen LogP) is 4.76. The Morgan fingerprint density at radius 2 is 1.51 bits per heavy atom. The van der Waals surface area contributed by atoms with Crippen molar-refractivity contribution in [2.24, 2.45) is 0 Å². The zero-order valence-electron chi connectivity index (χ0n) is 21.4. The van der Waals surface area contributed by atoms with Crippen molar-refractivity contribution in [2.75, 3.05) is 12.8 Å². The van der Waals surface area contributed by atoms with E-state index >= 15 is 0 Å². The summed E-state index contributed by atoms with van der Waals surface area (Å²) in [5, 5.41) is -1.58. The average molecular weight is 634 g/mol. The van der Waals surface area contributed by atoms with Crippen molar-refractivity contribution < 1.29 is 56.8 Å². The van der Waals surface area contributed by atoms with Crippen molar-refractivity contribution in [3.8, 4) is 0 Å². The lowest BCUT2D eigenvalue weighted by Gasteiger charge is -2.43. The summed E-state index contributed by atoms with van der Waals surface area (Å²) in [7, 11) is -8.61. The molecule has 0 saturated carbocycles. The van der Waals surface area contributed by atoms with Gasteiger partial charge in [0.1, 0.15) is 15.8 Å². The number of hydrogen-bond acceptors (Lipinski definition) is 5. The molecular formula is C25H23F8NO5S2. The van der Waals surface area contributed by atoms with Gasteiger partial charge < -0.3 is 4.90 Å². The monoisotopic (exact) mass is 633 g/mol. The highest BCUT2D eigenvalue weighted by atomic mass is 32.2. The van der Waals surface area contributed by atoms with Gasteiger partial charge in [0.15, 0.2) is 19.7 Å². The van der Waals surface area contributed by atoms with Gasteiger partial charge in [-0.2, -0.15) is 26.3 Å². The Bertz CT molecular complexity index is 1570. The smallest absolute Gasteiger partial charge is 0.337 e. The third-order valence-corrected chi connectivity index (χ3v) is 12.0. The van der Waals surface area contributed by atoms with Crippen LogP contribution in [0.2, 0.25) is 0 Å². The minimum atomic E-state index is -6.40. The molecule has 1 heterocycles. The van der Waals surface area contributed by atoms with Gasteiger partial charge in [0.25, 0.3) is 0 Å². The van der Waals surface area contributed by atoms with Gasteiger partial charge in [0, 0.05) is 18.4 Å². The molecule has 1 unspecified atom stereocenters. The summed E-state index contributed by atoms with van der Waals surface area (Å²) in [6.45, 7) is 0.785. The first-order valence-electron chi connectivity index (χ1n) is 12.1. The number of alkyl halides is 7. The third kappa shape index (κ3) is 4.61. The summed E-state index contributed by atoms with van der Waals surface area (Å²) in [6, 6.07) is 3.44. The SMILES string of the molecule is CC(C(=O)N1CC[C@@]2(S(=O)(=O)c3ccc(F)cc3)c3ccc(C(F)(C(F)(F)F)C(F)(F)F)cc3CC[C@@H]12)S(C)(=O)=O. The van der Waals surface area contributed by atoms with Crippen molar-refractivity contribution in [3.63, 3.8) is 0 Å². The molecule has 1 aliphatic carbocycles. The van der Waals surface area contributed by atoms with Crippen LogP contribution in [0, 0.1) is 5.82 Å². The fraction of sp³-hybridized carbons (Fsp3) is 0.480. The number of halogens is 8. The van der Waals surface area contributed by atoms with Gasteiger partial charge >= 0.3 is 18.0 Å². The molecule has 226 valence electrons. The number of likely N-dealkylation sites (tertiary alicyclic amines) is 1. The van der Waals surface area contributed by atoms with Crippen LogP contribution >= 0.6 is 0 Å². The number of sulfone groups is 2. The van der Waals surface area contributed by atoms with Gasteiger partial charge in [-0.1, -0.05) is 18.2 Å². The maximum atomic E-state index is 14.9. The van der Waals surface area contributed by atoms with E-state index < -0.39 is 82.3 Å². The molecule has 16 heteroatoms. The van der Waals surface area contributed by atoms with E-state index in [-0.39, 0.29) is 36.6 Å². The van der Waals surface area contributed by atoms with Crippen LogP contribution < -0.4 is 0 Å². The topological polar surface area (TPSA) is 88.6 Å². The molecule has 0 radical (unpaired) electrons. The van der Waals surface area contributed by atoms with Crippen LogP contribution in [0.3, 0.4) is 0 Å². The minimum Gasteiger partial charge on any atom is -0.337 e. The van der Waals surface area contributed by atoms with Crippen LogP contribution in [0.4, 0.5) is 35.1 Å². The number of fused-ring (bicyclic) bond motifs is 3. The van der Waals surface area contributed by atoms with E-state index in [0.717, 1.165) is 42.3 Å². The van der Waals surface area contributed by atoms with Gasteiger partial charge in [-0.25, -0.2) is 25.6 Å². The Hall–Kier alpha value is -2.75. The molecule has 1 fully saturated rings. The number of carbonyl (C=O) groups excluding carboxylic acids is 1. The summed E-state index contributed by atoms with van der Waals surface area (Å²) >= 11 is 0. The van der Waals surface area contributed by atoms with Crippen molar-refractivity contribution in [3.05, 3.63) is 65.0 Å².